The highest BCUT2D eigenvalue weighted by Crippen LogP contribution is 2.29. The molecular weight excluding hydrogens is 214 g/mol. The molecule has 0 spiro atoms. The summed E-state index contributed by atoms with van der Waals surface area (Å²) in [6, 6.07) is -0.565. The van der Waals surface area contributed by atoms with Crippen molar-refractivity contribution < 1.29 is 24.5 Å². The number of rotatable bonds is 2. The molecule has 16 heavy (non-hydrogen) atoms. The molecule has 1 aliphatic heterocycles. The summed E-state index contributed by atoms with van der Waals surface area (Å²) in [5, 5.41) is 21.3. The lowest BCUT2D eigenvalue weighted by Gasteiger charge is -2.42. The largest absolute Gasteiger partial charge is 0.479 e. The third-order valence-corrected chi connectivity index (χ3v) is 2.79. The molecule has 1 aliphatic rings. The van der Waals surface area contributed by atoms with Crippen molar-refractivity contribution >= 4 is 11.9 Å². The molecular formula is C10H17NO5. The van der Waals surface area contributed by atoms with Crippen LogP contribution in [0, 0.1) is 0 Å². The van der Waals surface area contributed by atoms with Crippen LogP contribution in [-0.2, 0) is 14.3 Å². The minimum atomic E-state index is -1.40. The normalized spacial score (nSPS) is 39.1. The number of nitrogens with one attached hydrogen (secondary N) is 1. The summed E-state index contributed by atoms with van der Waals surface area (Å²) in [7, 11) is 0. The Morgan fingerprint density at radius 2 is 2.06 bits per heavy atom. The average molecular weight is 231 g/mol. The fourth-order valence-corrected chi connectivity index (χ4v) is 1.96. The Labute approximate surface area is 93.6 Å². The molecule has 0 aromatic carbocycles. The van der Waals surface area contributed by atoms with Crippen molar-refractivity contribution in [2.75, 3.05) is 0 Å². The van der Waals surface area contributed by atoms with Gasteiger partial charge >= 0.3 is 5.97 Å². The van der Waals surface area contributed by atoms with Gasteiger partial charge in [0, 0.05) is 13.3 Å². The molecule has 0 aromatic heterocycles. The maximum Gasteiger partial charge on any atom is 0.335 e. The number of carbonyl (C=O) groups is 2. The Morgan fingerprint density at radius 1 is 1.50 bits per heavy atom. The van der Waals surface area contributed by atoms with Crippen molar-refractivity contribution in [1.29, 1.82) is 0 Å². The van der Waals surface area contributed by atoms with E-state index in [9.17, 15) is 14.7 Å². The molecule has 3 N–H and O–H groups in total. The molecule has 1 amide bonds. The second kappa shape index (κ2) is 4.39. The van der Waals surface area contributed by atoms with Gasteiger partial charge in [0.15, 0.2) is 5.60 Å². The second-order valence-electron chi connectivity index (χ2n) is 4.36. The number of aliphatic hydroxyl groups excluding tert-OH is 1. The minimum absolute atomic E-state index is 0.0440. The molecule has 4 unspecified atom stereocenters. The standard InChI is InChI=1S/C10H17NO5/c1-5-8(11-6(2)12)7(13)4-10(3,16-5)9(14)15/h5,7-8,13H,4H2,1-3H3,(H,11,12)(H,14,15). The molecule has 1 saturated heterocycles. The van der Waals surface area contributed by atoms with Gasteiger partial charge in [0.25, 0.3) is 0 Å². The van der Waals surface area contributed by atoms with E-state index in [-0.39, 0.29) is 12.3 Å². The number of carboxylic acids is 1. The highest BCUT2D eigenvalue weighted by atomic mass is 16.5. The van der Waals surface area contributed by atoms with Gasteiger partial charge in [-0.05, 0) is 13.8 Å². The minimum Gasteiger partial charge on any atom is -0.479 e. The summed E-state index contributed by atoms with van der Waals surface area (Å²) in [6.07, 6.45) is -1.51. The highest BCUT2D eigenvalue weighted by molar-refractivity contribution is 5.77. The third kappa shape index (κ3) is 2.51. The van der Waals surface area contributed by atoms with E-state index in [1.54, 1.807) is 6.92 Å². The van der Waals surface area contributed by atoms with E-state index in [0.717, 1.165) is 0 Å². The predicted octanol–water partition coefficient (Wildman–Crippen LogP) is -0.496. The maximum atomic E-state index is 11.0. The maximum absolute atomic E-state index is 11.0. The zero-order chi connectivity index (χ0) is 12.5. The first kappa shape index (κ1) is 12.9. The molecule has 6 heteroatoms. The summed E-state index contributed by atoms with van der Waals surface area (Å²) < 4.78 is 5.34. The number of aliphatic hydroxyl groups is 1. The van der Waals surface area contributed by atoms with Crippen molar-refractivity contribution in [3.63, 3.8) is 0 Å². The molecule has 4 atom stereocenters. The highest BCUT2D eigenvalue weighted by Gasteiger charge is 2.47. The Balaban J connectivity index is 2.78. The molecule has 0 aliphatic carbocycles. The summed E-state index contributed by atoms with van der Waals surface area (Å²) in [6.45, 7) is 4.38. The molecule has 0 bridgehead atoms. The quantitative estimate of drug-likeness (QED) is 0.595. The molecule has 1 heterocycles. The fourth-order valence-electron chi connectivity index (χ4n) is 1.96. The first-order valence-corrected chi connectivity index (χ1v) is 5.12. The molecule has 0 radical (unpaired) electrons. The van der Waals surface area contributed by atoms with Gasteiger partial charge in [-0.3, -0.25) is 4.79 Å². The zero-order valence-corrected chi connectivity index (χ0v) is 9.56. The summed E-state index contributed by atoms with van der Waals surface area (Å²) >= 11 is 0. The van der Waals surface area contributed by atoms with Crippen molar-refractivity contribution in [2.24, 2.45) is 0 Å². The summed E-state index contributed by atoms with van der Waals surface area (Å²) in [4.78, 5) is 21.9. The van der Waals surface area contributed by atoms with Crippen LogP contribution in [0.5, 0.6) is 0 Å². The van der Waals surface area contributed by atoms with Crippen LogP contribution in [0.2, 0.25) is 0 Å². The fraction of sp³-hybridized carbons (Fsp3) is 0.800. The second-order valence-corrected chi connectivity index (χ2v) is 4.36. The first-order chi connectivity index (χ1) is 7.26. The molecule has 6 nitrogen and oxygen atoms in total. The third-order valence-electron chi connectivity index (χ3n) is 2.79. The van der Waals surface area contributed by atoms with Crippen molar-refractivity contribution in [3.05, 3.63) is 0 Å². The van der Waals surface area contributed by atoms with Gasteiger partial charge in [-0.15, -0.1) is 0 Å². The van der Waals surface area contributed by atoms with E-state index in [1.807, 2.05) is 0 Å². The van der Waals surface area contributed by atoms with Gasteiger partial charge < -0.3 is 20.3 Å². The van der Waals surface area contributed by atoms with Gasteiger partial charge in [0.1, 0.15) is 0 Å². The Morgan fingerprint density at radius 3 is 2.44 bits per heavy atom. The SMILES string of the molecule is CC(=O)NC1C(O)CC(C)(C(=O)O)OC1C. The number of hydrogen-bond acceptors (Lipinski definition) is 4. The lowest BCUT2D eigenvalue weighted by atomic mass is 9.88. The topological polar surface area (TPSA) is 95.9 Å². The number of amides is 1. The zero-order valence-electron chi connectivity index (χ0n) is 9.56. The van der Waals surface area contributed by atoms with Crippen molar-refractivity contribution in [1.82, 2.24) is 5.32 Å². The Kier molecular flexibility index (Phi) is 3.54. The van der Waals surface area contributed by atoms with Gasteiger partial charge in [0.2, 0.25) is 5.91 Å². The van der Waals surface area contributed by atoms with Crippen LogP contribution in [0.15, 0.2) is 0 Å². The molecule has 1 rings (SSSR count). The lowest BCUT2D eigenvalue weighted by Crippen LogP contribution is -2.61. The van der Waals surface area contributed by atoms with E-state index in [2.05, 4.69) is 5.32 Å². The van der Waals surface area contributed by atoms with E-state index in [1.165, 1.54) is 13.8 Å². The predicted molar refractivity (Wildman–Crippen MR) is 54.8 cm³/mol. The van der Waals surface area contributed by atoms with Gasteiger partial charge in [-0.25, -0.2) is 4.79 Å². The van der Waals surface area contributed by atoms with Crippen LogP contribution in [0.4, 0.5) is 0 Å². The van der Waals surface area contributed by atoms with Crippen molar-refractivity contribution in [2.45, 2.75) is 51.0 Å². The van der Waals surface area contributed by atoms with E-state index in [0.29, 0.717) is 0 Å². The van der Waals surface area contributed by atoms with E-state index in [4.69, 9.17) is 9.84 Å². The van der Waals surface area contributed by atoms with Crippen LogP contribution in [0.1, 0.15) is 27.2 Å². The first-order valence-electron chi connectivity index (χ1n) is 5.12. The van der Waals surface area contributed by atoms with Crippen LogP contribution in [-0.4, -0.2) is 45.9 Å². The number of aliphatic carboxylic acids is 1. The average Bonchev–Trinajstić information content (AvgIpc) is 2.10. The van der Waals surface area contributed by atoms with Gasteiger partial charge in [-0.2, -0.15) is 0 Å². The van der Waals surface area contributed by atoms with E-state index < -0.39 is 29.8 Å². The number of ether oxygens (including phenoxy) is 1. The molecule has 1 fully saturated rings. The van der Waals surface area contributed by atoms with Crippen molar-refractivity contribution in [3.8, 4) is 0 Å². The monoisotopic (exact) mass is 231 g/mol. The van der Waals surface area contributed by atoms with E-state index >= 15 is 0 Å². The molecule has 0 aromatic rings. The molecule has 92 valence electrons. The van der Waals surface area contributed by atoms with Gasteiger partial charge in [-0.1, -0.05) is 0 Å². The Hall–Kier alpha value is -1.14. The summed E-state index contributed by atoms with van der Waals surface area (Å²) in [5.74, 6) is -1.39. The number of hydrogen-bond donors (Lipinski definition) is 3. The molecule has 0 saturated carbocycles. The number of carbonyl (C=O) groups excluding carboxylic acids is 1. The van der Waals surface area contributed by atoms with Gasteiger partial charge in [0.05, 0.1) is 18.2 Å². The number of carboxylic acid groups (broad SMARTS) is 1. The smallest absolute Gasteiger partial charge is 0.335 e. The van der Waals surface area contributed by atoms with Crippen LogP contribution >= 0.6 is 0 Å². The lowest BCUT2D eigenvalue weighted by molar-refractivity contribution is -0.195. The van der Waals surface area contributed by atoms with Crippen LogP contribution < -0.4 is 5.32 Å². The Bertz CT molecular complexity index is 292. The van der Waals surface area contributed by atoms with Crippen LogP contribution in [0.25, 0.3) is 0 Å². The van der Waals surface area contributed by atoms with Crippen LogP contribution in [0.3, 0.4) is 0 Å². The summed E-state index contributed by atoms with van der Waals surface area (Å²) in [5.41, 5.74) is -1.40.